The van der Waals surface area contributed by atoms with Gasteiger partial charge in [0.15, 0.2) is 12.8 Å². The van der Waals surface area contributed by atoms with Gasteiger partial charge in [-0.05, 0) is 62.0 Å². The summed E-state index contributed by atoms with van der Waals surface area (Å²) in [5, 5.41) is 4.49. The van der Waals surface area contributed by atoms with Crippen LogP contribution in [0.25, 0.3) is 77.4 Å². The van der Waals surface area contributed by atoms with Crippen molar-refractivity contribution in [1.29, 1.82) is 0 Å². The van der Waals surface area contributed by atoms with E-state index in [2.05, 4.69) is 98.8 Å². The maximum atomic E-state index is 5.27. The zero-order chi connectivity index (χ0) is 27.9. The van der Waals surface area contributed by atoms with E-state index in [4.69, 9.17) is 8.83 Å². The van der Waals surface area contributed by atoms with Crippen molar-refractivity contribution in [1.82, 2.24) is 19.9 Å². The topological polar surface area (TPSA) is 77.8 Å². The van der Waals surface area contributed by atoms with Gasteiger partial charge in [0, 0.05) is 47.0 Å². The molecule has 198 valence electrons. The molecule has 0 aliphatic rings. The van der Waals surface area contributed by atoms with E-state index in [0.717, 1.165) is 77.4 Å². The minimum Gasteiger partial charge on any atom is -0.451 e. The van der Waals surface area contributed by atoms with E-state index in [1.54, 1.807) is 12.5 Å². The molecule has 0 spiro atoms. The number of pyridine rings is 2. The van der Waals surface area contributed by atoms with Gasteiger partial charge in [0.1, 0.15) is 23.9 Å². The number of oxazole rings is 2. The van der Waals surface area contributed by atoms with Crippen molar-refractivity contribution in [2.75, 3.05) is 0 Å². The first-order valence-electron chi connectivity index (χ1n) is 13.6. The summed E-state index contributed by atoms with van der Waals surface area (Å²) >= 11 is 0. The van der Waals surface area contributed by atoms with Crippen molar-refractivity contribution in [3.05, 3.63) is 135 Å². The molecule has 4 heterocycles. The van der Waals surface area contributed by atoms with Gasteiger partial charge >= 0.3 is 0 Å². The van der Waals surface area contributed by atoms with Crippen LogP contribution in [0.1, 0.15) is 0 Å². The molecule has 0 radical (unpaired) electrons. The van der Waals surface area contributed by atoms with Gasteiger partial charge in [0.25, 0.3) is 0 Å². The molecule has 0 fully saturated rings. The molecule has 0 aliphatic carbocycles. The summed E-state index contributed by atoms with van der Waals surface area (Å²) in [6.07, 6.45) is 13.6. The number of rotatable bonds is 5. The standard InChI is InChI=1S/C36H22N4O2/c1-2-6-23(7-3-1)24-10-11-31-32(14-24)36(28-13-26(16-38-18-28)34-20-42-22-40-34)30-9-5-4-8-29(30)35(31)27-12-25(15-37-17-27)33-19-41-21-39-33/h1-22H. The van der Waals surface area contributed by atoms with E-state index in [1.165, 1.54) is 12.8 Å². The molecule has 0 saturated heterocycles. The molecule has 0 saturated carbocycles. The van der Waals surface area contributed by atoms with Crippen molar-refractivity contribution in [2.24, 2.45) is 0 Å². The van der Waals surface area contributed by atoms with E-state index in [9.17, 15) is 0 Å². The number of aromatic nitrogens is 4. The summed E-state index contributed by atoms with van der Waals surface area (Å²) in [4.78, 5) is 17.9. The lowest BCUT2D eigenvalue weighted by Gasteiger charge is -2.19. The Balaban J connectivity index is 1.47. The smallest absolute Gasteiger partial charge is 0.181 e. The molecule has 6 heteroatoms. The van der Waals surface area contributed by atoms with E-state index in [0.29, 0.717) is 0 Å². The zero-order valence-corrected chi connectivity index (χ0v) is 22.3. The molecule has 0 aliphatic heterocycles. The fourth-order valence-corrected chi connectivity index (χ4v) is 5.75. The molecule has 0 bridgehead atoms. The SMILES string of the molecule is c1ccc(-c2ccc3c(-c4cncc(-c5cocn5)c4)c4ccccc4c(-c4cncc(-c5cocn5)c4)c3c2)cc1. The molecule has 42 heavy (non-hydrogen) atoms. The number of nitrogens with zero attached hydrogens (tertiary/aromatic N) is 4. The Morgan fingerprint density at radius 3 is 1.50 bits per heavy atom. The van der Waals surface area contributed by atoms with Crippen molar-refractivity contribution in [3.8, 4) is 55.9 Å². The third kappa shape index (κ3) is 4.05. The summed E-state index contributed by atoms with van der Waals surface area (Å²) in [7, 11) is 0. The first-order valence-corrected chi connectivity index (χ1v) is 13.6. The van der Waals surface area contributed by atoms with Crippen LogP contribution in [0.2, 0.25) is 0 Å². The summed E-state index contributed by atoms with van der Waals surface area (Å²) in [6, 6.07) is 29.9. The van der Waals surface area contributed by atoms with Crippen LogP contribution in [0, 0.1) is 0 Å². The lowest BCUT2D eigenvalue weighted by Crippen LogP contribution is -1.93. The predicted molar refractivity (Wildman–Crippen MR) is 164 cm³/mol. The molecule has 4 aromatic heterocycles. The Kier molecular flexibility index (Phi) is 5.67. The second-order valence-electron chi connectivity index (χ2n) is 10.1. The fraction of sp³-hybridized carbons (Fsp3) is 0. The minimum absolute atomic E-state index is 0.746. The fourth-order valence-electron chi connectivity index (χ4n) is 5.75. The molecule has 0 N–H and O–H groups in total. The van der Waals surface area contributed by atoms with Crippen molar-refractivity contribution >= 4 is 21.5 Å². The van der Waals surface area contributed by atoms with Gasteiger partial charge in [-0.1, -0.05) is 66.7 Å². The molecular weight excluding hydrogens is 520 g/mol. The van der Waals surface area contributed by atoms with Crippen LogP contribution in [0.3, 0.4) is 0 Å². The van der Waals surface area contributed by atoms with Gasteiger partial charge in [-0.25, -0.2) is 9.97 Å². The predicted octanol–water partition coefficient (Wildman–Crippen LogP) is 9.09. The highest BCUT2D eigenvalue weighted by atomic mass is 16.3. The Bertz CT molecular complexity index is 2190. The number of hydrogen-bond acceptors (Lipinski definition) is 6. The van der Waals surface area contributed by atoms with Crippen LogP contribution < -0.4 is 0 Å². The maximum absolute atomic E-state index is 5.27. The van der Waals surface area contributed by atoms with Crippen LogP contribution in [0.4, 0.5) is 0 Å². The molecule has 0 unspecified atom stereocenters. The minimum atomic E-state index is 0.746. The van der Waals surface area contributed by atoms with Crippen molar-refractivity contribution in [3.63, 3.8) is 0 Å². The highest BCUT2D eigenvalue weighted by Crippen LogP contribution is 2.45. The number of hydrogen-bond donors (Lipinski definition) is 0. The molecule has 0 amide bonds. The maximum Gasteiger partial charge on any atom is 0.181 e. The Morgan fingerprint density at radius 1 is 0.405 bits per heavy atom. The van der Waals surface area contributed by atoms with Crippen LogP contribution in [0.5, 0.6) is 0 Å². The third-order valence-electron chi connectivity index (χ3n) is 7.64. The first kappa shape index (κ1) is 24.0. The van der Waals surface area contributed by atoms with Crippen LogP contribution in [-0.2, 0) is 0 Å². The van der Waals surface area contributed by atoms with Crippen molar-refractivity contribution < 1.29 is 8.83 Å². The van der Waals surface area contributed by atoms with Gasteiger partial charge in [-0.3, -0.25) is 9.97 Å². The molecule has 8 aromatic rings. The van der Waals surface area contributed by atoms with Gasteiger partial charge < -0.3 is 8.83 Å². The summed E-state index contributed by atoms with van der Waals surface area (Å²) < 4.78 is 10.5. The molecule has 4 aromatic carbocycles. The average molecular weight is 543 g/mol. The zero-order valence-electron chi connectivity index (χ0n) is 22.3. The van der Waals surface area contributed by atoms with Gasteiger partial charge in [0.2, 0.25) is 0 Å². The lowest BCUT2D eigenvalue weighted by molar-refractivity contribution is 0.558. The third-order valence-corrected chi connectivity index (χ3v) is 7.64. The summed E-state index contributed by atoms with van der Waals surface area (Å²) in [5.41, 5.74) is 9.81. The highest BCUT2D eigenvalue weighted by molar-refractivity contribution is 6.22. The monoisotopic (exact) mass is 542 g/mol. The van der Waals surface area contributed by atoms with E-state index >= 15 is 0 Å². The van der Waals surface area contributed by atoms with E-state index in [1.807, 2.05) is 30.9 Å². The number of fused-ring (bicyclic) bond motifs is 2. The summed E-state index contributed by atoms with van der Waals surface area (Å²) in [6.45, 7) is 0. The average Bonchev–Trinajstić information content (AvgIpc) is 3.80. The van der Waals surface area contributed by atoms with E-state index < -0.39 is 0 Å². The first-order chi connectivity index (χ1) is 20.8. The largest absolute Gasteiger partial charge is 0.451 e. The highest BCUT2D eigenvalue weighted by Gasteiger charge is 2.19. The summed E-state index contributed by atoms with van der Waals surface area (Å²) in [5.74, 6) is 0. The Labute approximate surface area is 241 Å². The van der Waals surface area contributed by atoms with Gasteiger partial charge in [-0.15, -0.1) is 0 Å². The molecule has 0 atom stereocenters. The Morgan fingerprint density at radius 2 is 0.929 bits per heavy atom. The van der Waals surface area contributed by atoms with Crippen LogP contribution >= 0.6 is 0 Å². The quantitative estimate of drug-likeness (QED) is 0.202. The molecule has 8 rings (SSSR count). The second kappa shape index (κ2) is 9.94. The van der Waals surface area contributed by atoms with Crippen molar-refractivity contribution in [2.45, 2.75) is 0 Å². The van der Waals surface area contributed by atoms with E-state index in [-0.39, 0.29) is 0 Å². The lowest BCUT2D eigenvalue weighted by atomic mass is 9.85. The van der Waals surface area contributed by atoms with Gasteiger partial charge in [0.05, 0.1) is 0 Å². The molecule has 6 nitrogen and oxygen atoms in total. The normalized spacial score (nSPS) is 11.3. The van der Waals surface area contributed by atoms with Crippen LogP contribution in [-0.4, -0.2) is 19.9 Å². The Hall–Kier alpha value is -5.88. The van der Waals surface area contributed by atoms with Gasteiger partial charge in [-0.2, -0.15) is 0 Å². The number of benzene rings is 4. The van der Waals surface area contributed by atoms with Crippen LogP contribution in [0.15, 0.2) is 144 Å². The molecular formula is C36H22N4O2. The second-order valence-corrected chi connectivity index (χ2v) is 10.1.